The molecule has 0 aromatic heterocycles. The van der Waals surface area contributed by atoms with Gasteiger partial charge in [-0.15, -0.1) is 0 Å². The highest BCUT2D eigenvalue weighted by Crippen LogP contribution is 2.55. The third-order valence-corrected chi connectivity index (χ3v) is 10.8. The second-order valence-corrected chi connectivity index (χ2v) is 13.3. The first-order chi connectivity index (χ1) is 20.2. The fourth-order valence-corrected chi connectivity index (χ4v) is 7.92. The number of rotatable bonds is 8. The molecular formula is C32H43ClN4O5. The average Bonchev–Trinajstić information content (AvgIpc) is 3.61. The Morgan fingerprint density at radius 2 is 1.90 bits per heavy atom. The predicted octanol–water partition coefficient (Wildman–Crippen LogP) is 3.40. The zero-order valence-electron chi connectivity index (χ0n) is 24.8. The number of halogens is 1. The van der Waals surface area contributed by atoms with Gasteiger partial charge in [-0.25, -0.2) is 0 Å². The Morgan fingerprint density at radius 3 is 2.67 bits per heavy atom. The number of carbonyl (C=O) groups excluding carboxylic acids is 3. The topological polar surface area (TPSA) is 100 Å². The zero-order valence-corrected chi connectivity index (χ0v) is 25.6. The zero-order chi connectivity index (χ0) is 29.6. The molecule has 228 valence electrons. The number of anilines is 1. The molecule has 5 aliphatic rings. The van der Waals surface area contributed by atoms with Gasteiger partial charge in [-0.2, -0.15) is 0 Å². The van der Waals surface area contributed by atoms with E-state index in [9.17, 15) is 14.4 Å². The highest BCUT2D eigenvalue weighted by atomic mass is 35.5. The Labute approximate surface area is 253 Å². The number of nitrogens with zero attached hydrogens (tertiary/aromatic N) is 2. The van der Waals surface area contributed by atoms with Crippen molar-refractivity contribution in [2.45, 2.75) is 70.2 Å². The number of nitrogens with one attached hydrogen (secondary N) is 2. The van der Waals surface area contributed by atoms with Crippen LogP contribution in [-0.4, -0.2) is 90.7 Å². The number of morpholine rings is 1. The normalized spacial score (nSPS) is 35.9. The van der Waals surface area contributed by atoms with Gasteiger partial charge in [0.05, 0.1) is 31.2 Å². The van der Waals surface area contributed by atoms with Crippen molar-refractivity contribution >= 4 is 35.0 Å². The van der Waals surface area contributed by atoms with E-state index in [0.717, 1.165) is 50.9 Å². The minimum atomic E-state index is -1.17. The van der Waals surface area contributed by atoms with Gasteiger partial charge < -0.3 is 25.0 Å². The molecule has 1 aromatic rings. The molecule has 8 atom stereocenters. The maximum absolute atomic E-state index is 14.2. The molecule has 6 rings (SSSR count). The number of ether oxygens (including phenoxy) is 2. The number of aryl methyl sites for hydroxylation is 1. The van der Waals surface area contributed by atoms with Crippen molar-refractivity contribution < 1.29 is 23.9 Å². The average molecular weight is 599 g/mol. The van der Waals surface area contributed by atoms with Crippen molar-refractivity contribution in [2.75, 3.05) is 44.7 Å². The number of fused-ring (bicyclic) bond motifs is 1. The second kappa shape index (κ2) is 11.9. The van der Waals surface area contributed by atoms with E-state index < -0.39 is 29.6 Å². The minimum absolute atomic E-state index is 0.0509. The first-order valence-electron chi connectivity index (χ1n) is 15.5. The highest BCUT2D eigenvalue weighted by Gasteiger charge is 2.72. The number of hydrogen-bond donors (Lipinski definition) is 2. The molecule has 10 heteroatoms. The Morgan fingerprint density at radius 1 is 1.12 bits per heavy atom. The van der Waals surface area contributed by atoms with Crippen LogP contribution in [0.3, 0.4) is 0 Å². The number of benzene rings is 1. The molecule has 3 amide bonds. The molecule has 2 N–H and O–H groups in total. The van der Waals surface area contributed by atoms with E-state index in [1.807, 2.05) is 25.1 Å². The Bertz CT molecular complexity index is 1250. The molecule has 3 saturated heterocycles. The summed E-state index contributed by atoms with van der Waals surface area (Å²) in [7, 11) is 0. The van der Waals surface area contributed by atoms with Crippen LogP contribution in [0.2, 0.25) is 5.02 Å². The van der Waals surface area contributed by atoms with E-state index in [1.54, 1.807) is 17.0 Å². The van der Waals surface area contributed by atoms with E-state index >= 15 is 0 Å². The van der Waals surface area contributed by atoms with E-state index in [1.165, 1.54) is 0 Å². The Kier molecular flexibility index (Phi) is 8.39. The molecule has 4 aliphatic heterocycles. The summed E-state index contributed by atoms with van der Waals surface area (Å²) < 4.78 is 12.0. The standard InChI is InChI=1S/C32H43ClN4O5/c1-19-6-4-7-24(21(19)3)35-30(39)28-32-11-10-25(42-32)26(29(38)34-22-9-8-20(2)23(33)18-22)27(32)31(40)37(28)13-5-12-36-14-16-41-17-15-36/h8-11,18-19,21,24-28H,4-7,12-17H2,1-3H3,(H,34,38)(H,35,39)/t19-,21-,24-,25+,26-,27+,28+,32+/m1/s1. The molecule has 4 fully saturated rings. The van der Waals surface area contributed by atoms with Gasteiger partial charge in [-0.1, -0.05) is 56.5 Å². The van der Waals surface area contributed by atoms with Gasteiger partial charge in [0, 0.05) is 42.9 Å². The van der Waals surface area contributed by atoms with Crippen molar-refractivity contribution in [1.29, 1.82) is 0 Å². The fourth-order valence-electron chi connectivity index (χ4n) is 7.74. The van der Waals surface area contributed by atoms with Gasteiger partial charge in [0.1, 0.15) is 11.6 Å². The molecular weight excluding hydrogens is 556 g/mol. The smallest absolute Gasteiger partial charge is 0.246 e. The number of likely N-dealkylation sites (tertiary alicyclic amines) is 1. The van der Waals surface area contributed by atoms with Crippen molar-refractivity contribution in [1.82, 2.24) is 15.1 Å². The fraction of sp³-hybridized carbons (Fsp3) is 0.656. The lowest BCUT2D eigenvalue weighted by atomic mass is 9.73. The molecule has 9 nitrogen and oxygen atoms in total. The third kappa shape index (κ3) is 5.27. The van der Waals surface area contributed by atoms with Gasteiger partial charge in [0.2, 0.25) is 17.7 Å². The van der Waals surface area contributed by atoms with Crippen LogP contribution in [0.5, 0.6) is 0 Å². The lowest BCUT2D eigenvalue weighted by molar-refractivity contribution is -0.141. The maximum Gasteiger partial charge on any atom is 0.246 e. The molecule has 1 aromatic carbocycles. The van der Waals surface area contributed by atoms with Gasteiger partial charge >= 0.3 is 0 Å². The minimum Gasteiger partial charge on any atom is -0.379 e. The SMILES string of the molecule is Cc1ccc(NC(=O)[C@@H]2[C@@H]3C=C[C@]4(O3)[C@@H]2C(=O)N(CCCN2CCOCC2)[C@H]4C(=O)N[C@@H]2CCC[C@@H](C)[C@H]2C)cc1Cl. The summed E-state index contributed by atoms with van der Waals surface area (Å²) >= 11 is 6.31. The molecule has 1 spiro atoms. The monoisotopic (exact) mass is 598 g/mol. The summed E-state index contributed by atoms with van der Waals surface area (Å²) in [6.45, 7) is 10.7. The maximum atomic E-state index is 14.2. The predicted molar refractivity (Wildman–Crippen MR) is 160 cm³/mol. The van der Waals surface area contributed by atoms with Crippen molar-refractivity contribution in [3.8, 4) is 0 Å². The molecule has 1 aliphatic carbocycles. The van der Waals surface area contributed by atoms with Crippen LogP contribution in [0.1, 0.15) is 45.1 Å². The van der Waals surface area contributed by atoms with E-state index in [0.29, 0.717) is 42.3 Å². The van der Waals surface area contributed by atoms with Crippen LogP contribution >= 0.6 is 11.6 Å². The van der Waals surface area contributed by atoms with Crippen molar-refractivity contribution in [3.63, 3.8) is 0 Å². The van der Waals surface area contributed by atoms with Crippen LogP contribution in [-0.2, 0) is 23.9 Å². The molecule has 1 saturated carbocycles. The second-order valence-electron chi connectivity index (χ2n) is 12.9. The van der Waals surface area contributed by atoms with Gasteiger partial charge in [0.15, 0.2) is 0 Å². The lowest BCUT2D eigenvalue weighted by Crippen LogP contribution is -2.58. The molecule has 4 heterocycles. The van der Waals surface area contributed by atoms with Crippen LogP contribution in [0.25, 0.3) is 0 Å². The first-order valence-corrected chi connectivity index (χ1v) is 15.9. The van der Waals surface area contributed by atoms with E-state index in [-0.39, 0.29) is 23.8 Å². The molecule has 0 unspecified atom stereocenters. The molecule has 2 bridgehead atoms. The van der Waals surface area contributed by atoms with Gasteiger partial charge in [-0.3, -0.25) is 19.3 Å². The molecule has 42 heavy (non-hydrogen) atoms. The first kappa shape index (κ1) is 29.6. The van der Waals surface area contributed by atoms with Crippen molar-refractivity contribution in [3.05, 3.63) is 40.9 Å². The summed E-state index contributed by atoms with van der Waals surface area (Å²) in [5.74, 6) is -1.30. The number of hydrogen-bond acceptors (Lipinski definition) is 6. The summed E-state index contributed by atoms with van der Waals surface area (Å²) in [5, 5.41) is 6.84. The van der Waals surface area contributed by atoms with Crippen LogP contribution in [0, 0.1) is 30.6 Å². The highest BCUT2D eigenvalue weighted by molar-refractivity contribution is 6.31. The summed E-state index contributed by atoms with van der Waals surface area (Å²) in [5.41, 5.74) is 0.314. The Hall–Kier alpha value is -2.46. The quantitative estimate of drug-likeness (QED) is 0.445. The Balaban J connectivity index is 1.25. The van der Waals surface area contributed by atoms with Crippen LogP contribution < -0.4 is 10.6 Å². The third-order valence-electron chi connectivity index (χ3n) is 10.4. The largest absolute Gasteiger partial charge is 0.379 e. The van der Waals surface area contributed by atoms with Gasteiger partial charge in [-0.05, 0) is 49.3 Å². The van der Waals surface area contributed by atoms with Crippen LogP contribution in [0.15, 0.2) is 30.4 Å². The van der Waals surface area contributed by atoms with Crippen molar-refractivity contribution in [2.24, 2.45) is 23.7 Å². The van der Waals surface area contributed by atoms with E-state index in [4.69, 9.17) is 21.1 Å². The lowest BCUT2D eigenvalue weighted by Gasteiger charge is -2.38. The number of carbonyl (C=O) groups is 3. The summed E-state index contributed by atoms with van der Waals surface area (Å²) in [6, 6.07) is 4.59. The van der Waals surface area contributed by atoms with E-state index in [2.05, 4.69) is 29.4 Å². The molecule has 0 radical (unpaired) electrons. The number of amides is 3. The summed E-state index contributed by atoms with van der Waals surface area (Å²) in [4.78, 5) is 46.2. The van der Waals surface area contributed by atoms with Gasteiger partial charge in [0.25, 0.3) is 0 Å². The summed E-state index contributed by atoms with van der Waals surface area (Å²) in [6.07, 6.45) is 7.05. The van der Waals surface area contributed by atoms with Crippen LogP contribution in [0.4, 0.5) is 5.69 Å².